The summed E-state index contributed by atoms with van der Waals surface area (Å²) in [7, 11) is 1.83. The molecule has 0 bridgehead atoms. The molecule has 0 fully saturated rings. The summed E-state index contributed by atoms with van der Waals surface area (Å²) < 4.78 is 110. The van der Waals surface area contributed by atoms with Crippen LogP contribution < -0.4 is 26.8 Å². The van der Waals surface area contributed by atoms with E-state index in [1.165, 1.54) is 19.1 Å². The number of benzene rings is 1. The molecule has 1 aliphatic heterocycles. The van der Waals surface area contributed by atoms with Gasteiger partial charge in [0.2, 0.25) is 0 Å². The number of aryl methyl sites for hydroxylation is 1. The van der Waals surface area contributed by atoms with Crippen molar-refractivity contribution in [1.82, 2.24) is 31.4 Å². The third kappa shape index (κ3) is 9.70. The number of hydrogen-bond acceptors (Lipinski definition) is 9. The first-order chi connectivity index (χ1) is 23.9. The average molecular weight is 749 g/mol. The van der Waals surface area contributed by atoms with Crippen molar-refractivity contribution in [3.05, 3.63) is 47.4 Å². The predicted octanol–water partition coefficient (Wildman–Crippen LogP) is 3.08. The SMILES string of the molecule is COC(=O)NC(C(=O)NCC(O)CN1Cc2c(F)cc(-c3ccc(C)cn3)cc2B=C(C(NC(=O)OC)C(C)(C)C(F)(F)F)N1)C(C)(C)C(F)(F)F. The second kappa shape index (κ2) is 16.1. The van der Waals surface area contributed by atoms with Crippen molar-refractivity contribution in [2.75, 3.05) is 27.3 Å². The van der Waals surface area contributed by atoms with Crippen molar-refractivity contribution >= 4 is 36.1 Å². The van der Waals surface area contributed by atoms with Crippen LogP contribution in [-0.2, 0) is 20.8 Å². The number of fused-ring (bicyclic) bond motifs is 1. The van der Waals surface area contributed by atoms with Crippen molar-refractivity contribution in [3.63, 3.8) is 0 Å². The van der Waals surface area contributed by atoms with Crippen LogP contribution in [0, 0.1) is 23.6 Å². The quantitative estimate of drug-likeness (QED) is 0.173. The predicted molar refractivity (Wildman–Crippen MR) is 176 cm³/mol. The first-order valence-corrected chi connectivity index (χ1v) is 15.7. The Labute approximate surface area is 295 Å². The molecule has 52 heavy (non-hydrogen) atoms. The Morgan fingerprint density at radius 3 is 2.12 bits per heavy atom. The number of amides is 3. The molecule has 0 aliphatic carbocycles. The second-order valence-electron chi connectivity index (χ2n) is 13.3. The molecule has 12 nitrogen and oxygen atoms in total. The summed E-state index contributed by atoms with van der Waals surface area (Å²) in [6, 6.07) is 1.93. The summed E-state index contributed by atoms with van der Waals surface area (Å²) in [6.45, 7) is 4.34. The fraction of sp³-hybridized carbons (Fsp3) is 0.531. The van der Waals surface area contributed by atoms with Gasteiger partial charge >= 0.3 is 289 Å². The number of alkyl halides is 6. The summed E-state index contributed by atoms with van der Waals surface area (Å²) >= 11 is 0. The summed E-state index contributed by atoms with van der Waals surface area (Å²) in [6.07, 6.45) is -12.5. The Balaban J connectivity index is 2.03. The fourth-order valence-electron chi connectivity index (χ4n) is 5.15. The molecule has 0 saturated carbocycles. The van der Waals surface area contributed by atoms with E-state index in [9.17, 15) is 45.8 Å². The molecule has 0 spiro atoms. The van der Waals surface area contributed by atoms with Crippen LogP contribution in [-0.4, -0.2) is 104 Å². The van der Waals surface area contributed by atoms with Gasteiger partial charge in [-0.25, -0.2) is 0 Å². The van der Waals surface area contributed by atoms with E-state index in [0.717, 1.165) is 38.6 Å². The number of nitrogens with one attached hydrogen (secondary N) is 4. The Bertz CT molecular complexity index is 1650. The Hall–Kier alpha value is -4.46. The van der Waals surface area contributed by atoms with E-state index < -0.39 is 84.9 Å². The van der Waals surface area contributed by atoms with Crippen molar-refractivity contribution in [2.45, 2.75) is 71.7 Å². The van der Waals surface area contributed by atoms with Crippen LogP contribution >= 0.6 is 0 Å². The van der Waals surface area contributed by atoms with Gasteiger partial charge in [-0.05, 0) is 0 Å². The van der Waals surface area contributed by atoms with Gasteiger partial charge in [-0.2, -0.15) is 0 Å². The third-order valence-corrected chi connectivity index (χ3v) is 8.70. The number of hydrogen-bond donors (Lipinski definition) is 5. The minimum atomic E-state index is -4.97. The number of β-amino-alcohol motifs (C(OH)–C–C–N with tert-alkyl or cyclic N) is 1. The van der Waals surface area contributed by atoms with Gasteiger partial charge in [-0.3, -0.25) is 0 Å². The van der Waals surface area contributed by atoms with Crippen LogP contribution in [0.2, 0.25) is 0 Å². The summed E-state index contributed by atoms with van der Waals surface area (Å²) in [5, 5.41) is 18.2. The van der Waals surface area contributed by atoms with Crippen LogP contribution in [0.4, 0.5) is 40.3 Å². The van der Waals surface area contributed by atoms with E-state index in [1.807, 2.05) is 5.32 Å². The van der Waals surface area contributed by atoms with Gasteiger partial charge in [0, 0.05) is 0 Å². The zero-order valence-electron chi connectivity index (χ0n) is 29.3. The van der Waals surface area contributed by atoms with E-state index in [-0.39, 0.29) is 22.2 Å². The number of alkyl carbamates (subject to hydrolysis) is 2. The molecule has 1 aromatic carbocycles. The van der Waals surface area contributed by atoms with Gasteiger partial charge in [0.25, 0.3) is 0 Å². The number of aliphatic hydroxyl groups is 1. The molecule has 1 aromatic heterocycles. The van der Waals surface area contributed by atoms with Crippen molar-refractivity contribution in [2.24, 2.45) is 10.8 Å². The van der Waals surface area contributed by atoms with Crippen LogP contribution in [0.25, 0.3) is 11.3 Å². The number of halogens is 7. The molecule has 3 unspecified atom stereocenters. The molecular weight excluding hydrogens is 708 g/mol. The molecule has 3 rings (SSSR count). The number of aromatic nitrogens is 1. The van der Waals surface area contributed by atoms with E-state index in [1.54, 1.807) is 25.3 Å². The number of pyridine rings is 1. The standard InChI is InChI=1S/C32H40BF7N6O6/c1-16-8-9-22(41-12-16)17-10-20-19(21(34)11-17)15-46(45-25(33-20)23(43-27(49)51-6)29(2,3)31(35,36)37)14-18(47)13-42-26(48)24(44-28(50)52-7)30(4,5)32(38,39)40/h8-12,18,23-24,45,47H,13-15H2,1-7H3,(H,42,48)(H,43,49)(H,44,50). The van der Waals surface area contributed by atoms with Crippen LogP contribution in [0.3, 0.4) is 0 Å². The molecule has 2 aromatic rings. The molecule has 20 heteroatoms. The molecule has 3 amide bonds. The third-order valence-electron chi connectivity index (χ3n) is 8.70. The molecule has 2 heterocycles. The van der Waals surface area contributed by atoms with Gasteiger partial charge in [-0.15, -0.1) is 0 Å². The minimum absolute atomic E-state index is 0.0366. The first kappa shape index (κ1) is 42.0. The van der Waals surface area contributed by atoms with Gasteiger partial charge in [0.1, 0.15) is 0 Å². The number of rotatable bonds is 11. The maximum atomic E-state index is 15.9. The zero-order chi connectivity index (χ0) is 39.4. The average Bonchev–Trinajstić information content (AvgIpc) is 3.23. The molecular formula is C32H40BF7N6O6. The molecule has 3 atom stereocenters. The second-order valence-corrected chi connectivity index (χ2v) is 13.3. The van der Waals surface area contributed by atoms with Crippen molar-refractivity contribution in [3.8, 4) is 11.3 Å². The fourth-order valence-corrected chi connectivity index (χ4v) is 5.15. The number of carbonyl (C=O) groups is 3. The van der Waals surface area contributed by atoms with Gasteiger partial charge in [0.05, 0.1) is 7.11 Å². The molecule has 1 aliphatic rings. The monoisotopic (exact) mass is 748 g/mol. The molecule has 0 saturated heterocycles. The Morgan fingerprint density at radius 1 is 0.981 bits per heavy atom. The number of ether oxygens (including phenoxy) is 2. The van der Waals surface area contributed by atoms with Gasteiger partial charge in [0.15, 0.2) is 0 Å². The van der Waals surface area contributed by atoms with Crippen molar-refractivity contribution < 1.29 is 59.7 Å². The Kier molecular flexibility index (Phi) is 13.0. The number of aliphatic hydroxyl groups excluding tert-OH is 1. The first-order valence-electron chi connectivity index (χ1n) is 15.7. The number of methoxy groups -OCH3 is 2. The molecule has 286 valence electrons. The number of carbonyl (C=O) groups excluding carboxylic acids is 3. The van der Waals surface area contributed by atoms with Crippen LogP contribution in [0.15, 0.2) is 30.5 Å². The normalized spacial score (nSPS) is 15.7. The maximum absolute atomic E-state index is 15.9. The van der Waals surface area contributed by atoms with Crippen LogP contribution in [0.1, 0.15) is 38.8 Å². The van der Waals surface area contributed by atoms with Crippen LogP contribution in [0.5, 0.6) is 0 Å². The van der Waals surface area contributed by atoms with E-state index in [2.05, 4.69) is 30.5 Å². The topological polar surface area (TPSA) is 154 Å². The molecule has 0 radical (unpaired) electrons. The molecule has 5 N–H and O–H groups in total. The zero-order valence-corrected chi connectivity index (χ0v) is 29.3. The van der Waals surface area contributed by atoms with Crippen molar-refractivity contribution in [1.29, 1.82) is 0 Å². The van der Waals surface area contributed by atoms with E-state index in [4.69, 9.17) is 0 Å². The van der Waals surface area contributed by atoms with Gasteiger partial charge in [-0.1, -0.05) is 0 Å². The number of hydrazine groups is 1. The summed E-state index contributed by atoms with van der Waals surface area (Å²) in [5.74, 6) is -2.13. The Morgan fingerprint density at radius 2 is 1.58 bits per heavy atom. The van der Waals surface area contributed by atoms with E-state index >= 15 is 4.39 Å². The summed E-state index contributed by atoms with van der Waals surface area (Å²) in [4.78, 5) is 41.4. The van der Waals surface area contributed by atoms with E-state index in [0.29, 0.717) is 19.5 Å². The number of nitrogens with zero attached hydrogens (tertiary/aromatic N) is 2. The van der Waals surface area contributed by atoms with Gasteiger partial charge < -0.3 is 0 Å². The summed E-state index contributed by atoms with van der Waals surface area (Å²) in [5.41, 5.74) is -1.52.